The molecule has 0 spiro atoms. The van der Waals surface area contributed by atoms with E-state index in [-0.39, 0.29) is 5.41 Å². The Morgan fingerprint density at radius 3 is 2.88 bits per heavy atom. The largest absolute Gasteiger partial charge is 0.383 e. The highest BCUT2D eigenvalue weighted by Crippen LogP contribution is 2.23. The van der Waals surface area contributed by atoms with E-state index in [1.807, 2.05) is 19.1 Å². The van der Waals surface area contributed by atoms with Gasteiger partial charge >= 0.3 is 0 Å². The second-order valence-electron chi connectivity index (χ2n) is 4.81. The summed E-state index contributed by atoms with van der Waals surface area (Å²) in [6.07, 6.45) is 3.32. The first-order chi connectivity index (χ1) is 7.55. The summed E-state index contributed by atoms with van der Waals surface area (Å²) in [6, 6.07) is 6.15. The first-order valence-corrected chi connectivity index (χ1v) is 5.57. The van der Waals surface area contributed by atoms with Crippen LogP contribution in [0.25, 0.3) is 0 Å². The third-order valence-corrected chi connectivity index (χ3v) is 2.68. The average Bonchev–Trinajstić information content (AvgIpc) is 2.26. The lowest BCUT2D eigenvalue weighted by atomic mass is 9.88. The minimum atomic E-state index is 0.137. The van der Waals surface area contributed by atoms with Crippen LogP contribution in [0.1, 0.15) is 32.4 Å². The summed E-state index contributed by atoms with van der Waals surface area (Å²) in [4.78, 5) is 4.23. The van der Waals surface area contributed by atoms with Crippen molar-refractivity contribution in [3.63, 3.8) is 0 Å². The van der Waals surface area contributed by atoms with Gasteiger partial charge in [0.05, 0.1) is 17.5 Å². The first-order valence-electron chi connectivity index (χ1n) is 5.57. The molecular formula is C13H19N3. The van der Waals surface area contributed by atoms with Crippen LogP contribution in [0.5, 0.6) is 0 Å². The van der Waals surface area contributed by atoms with Gasteiger partial charge in [-0.25, -0.2) is 0 Å². The molecule has 3 heteroatoms. The summed E-state index contributed by atoms with van der Waals surface area (Å²) in [5.41, 5.74) is 2.23. The Morgan fingerprint density at radius 2 is 2.25 bits per heavy atom. The van der Waals surface area contributed by atoms with Crippen LogP contribution in [0.15, 0.2) is 18.3 Å². The SMILES string of the molecule is Cc1ncccc1NCC(C)(C)CCC#N. The maximum absolute atomic E-state index is 8.58. The molecule has 1 aromatic rings. The third-order valence-electron chi connectivity index (χ3n) is 2.68. The summed E-state index contributed by atoms with van der Waals surface area (Å²) >= 11 is 0. The van der Waals surface area contributed by atoms with Gasteiger partial charge in [0.15, 0.2) is 0 Å². The van der Waals surface area contributed by atoms with E-state index in [1.165, 1.54) is 0 Å². The van der Waals surface area contributed by atoms with Gasteiger partial charge in [-0.2, -0.15) is 5.26 Å². The number of nitriles is 1. The van der Waals surface area contributed by atoms with Crippen LogP contribution >= 0.6 is 0 Å². The molecule has 16 heavy (non-hydrogen) atoms. The Bertz CT molecular complexity index is 377. The smallest absolute Gasteiger partial charge is 0.0621 e. The van der Waals surface area contributed by atoms with Crippen LogP contribution in [0.4, 0.5) is 5.69 Å². The number of aryl methyl sites for hydroxylation is 1. The second-order valence-corrected chi connectivity index (χ2v) is 4.81. The van der Waals surface area contributed by atoms with E-state index in [0.717, 1.165) is 24.3 Å². The topological polar surface area (TPSA) is 48.7 Å². The summed E-state index contributed by atoms with van der Waals surface area (Å²) in [6.45, 7) is 7.19. The molecule has 1 N–H and O–H groups in total. The minimum absolute atomic E-state index is 0.137. The van der Waals surface area contributed by atoms with E-state index >= 15 is 0 Å². The van der Waals surface area contributed by atoms with Gasteiger partial charge in [-0.1, -0.05) is 13.8 Å². The van der Waals surface area contributed by atoms with Crippen molar-refractivity contribution in [2.24, 2.45) is 5.41 Å². The van der Waals surface area contributed by atoms with Gasteiger partial charge in [0.1, 0.15) is 0 Å². The molecule has 0 atom stereocenters. The molecule has 1 heterocycles. The molecule has 0 aliphatic heterocycles. The van der Waals surface area contributed by atoms with Crippen LogP contribution in [-0.4, -0.2) is 11.5 Å². The molecule has 0 radical (unpaired) electrons. The Balaban J connectivity index is 2.51. The number of aromatic nitrogens is 1. The van der Waals surface area contributed by atoms with Crippen LogP contribution in [0.3, 0.4) is 0 Å². The molecule has 0 saturated carbocycles. The highest BCUT2D eigenvalue weighted by molar-refractivity contribution is 5.46. The number of pyridine rings is 1. The zero-order valence-electron chi connectivity index (χ0n) is 10.2. The number of nitrogens with one attached hydrogen (secondary N) is 1. The van der Waals surface area contributed by atoms with Gasteiger partial charge in [0.2, 0.25) is 0 Å². The molecule has 0 aliphatic carbocycles. The number of nitrogens with zero attached hydrogens (tertiary/aromatic N) is 2. The number of anilines is 1. The fourth-order valence-corrected chi connectivity index (χ4v) is 1.49. The predicted octanol–water partition coefficient (Wildman–Crippen LogP) is 3.13. The number of hydrogen-bond acceptors (Lipinski definition) is 3. The molecule has 0 aliphatic rings. The molecule has 3 nitrogen and oxygen atoms in total. The van der Waals surface area contributed by atoms with Gasteiger partial charge in [-0.3, -0.25) is 4.98 Å². The molecule has 0 unspecified atom stereocenters. The van der Waals surface area contributed by atoms with E-state index in [0.29, 0.717) is 6.42 Å². The van der Waals surface area contributed by atoms with Crippen molar-refractivity contribution in [3.8, 4) is 6.07 Å². The fraction of sp³-hybridized carbons (Fsp3) is 0.538. The number of rotatable bonds is 5. The molecule has 1 aromatic heterocycles. The van der Waals surface area contributed by atoms with E-state index in [1.54, 1.807) is 6.20 Å². The van der Waals surface area contributed by atoms with E-state index in [9.17, 15) is 0 Å². The highest BCUT2D eigenvalue weighted by Gasteiger charge is 2.17. The van der Waals surface area contributed by atoms with Gasteiger partial charge in [-0.15, -0.1) is 0 Å². The Labute approximate surface area is 97.5 Å². The summed E-state index contributed by atoms with van der Waals surface area (Å²) in [7, 11) is 0. The highest BCUT2D eigenvalue weighted by atomic mass is 14.9. The molecule has 86 valence electrons. The summed E-state index contributed by atoms with van der Waals surface area (Å²) in [5.74, 6) is 0. The molecule has 0 saturated heterocycles. The fourth-order valence-electron chi connectivity index (χ4n) is 1.49. The van der Waals surface area contributed by atoms with Crippen LogP contribution in [0.2, 0.25) is 0 Å². The van der Waals surface area contributed by atoms with Crippen molar-refractivity contribution in [1.29, 1.82) is 5.26 Å². The quantitative estimate of drug-likeness (QED) is 0.824. The molecule has 1 rings (SSSR count). The lowest BCUT2D eigenvalue weighted by Gasteiger charge is -2.24. The lowest BCUT2D eigenvalue weighted by Crippen LogP contribution is -2.23. The van der Waals surface area contributed by atoms with Crippen LogP contribution in [-0.2, 0) is 0 Å². The normalized spacial score (nSPS) is 10.9. The predicted molar refractivity (Wildman–Crippen MR) is 66.1 cm³/mol. The van der Waals surface area contributed by atoms with Crippen molar-refractivity contribution in [3.05, 3.63) is 24.0 Å². The molecule has 0 aromatic carbocycles. The minimum Gasteiger partial charge on any atom is -0.383 e. The van der Waals surface area contributed by atoms with Gasteiger partial charge in [0, 0.05) is 19.2 Å². The monoisotopic (exact) mass is 217 g/mol. The zero-order valence-corrected chi connectivity index (χ0v) is 10.2. The molecule has 0 bridgehead atoms. The summed E-state index contributed by atoms with van der Waals surface area (Å²) in [5, 5.41) is 12.0. The van der Waals surface area contributed by atoms with Crippen molar-refractivity contribution < 1.29 is 0 Å². The van der Waals surface area contributed by atoms with Gasteiger partial charge < -0.3 is 5.32 Å². The van der Waals surface area contributed by atoms with E-state index < -0.39 is 0 Å². The zero-order chi connectivity index (χ0) is 12.0. The standard InChI is InChI=1S/C13H19N3/c1-11-12(6-4-9-15-11)16-10-13(2,3)7-5-8-14/h4,6,9,16H,5,7,10H2,1-3H3. The lowest BCUT2D eigenvalue weighted by molar-refractivity contribution is 0.363. The second kappa shape index (κ2) is 5.50. The van der Waals surface area contributed by atoms with E-state index in [2.05, 4.69) is 30.2 Å². The van der Waals surface area contributed by atoms with Gasteiger partial charge in [0.25, 0.3) is 0 Å². The van der Waals surface area contributed by atoms with E-state index in [4.69, 9.17) is 5.26 Å². The maximum Gasteiger partial charge on any atom is 0.0621 e. The Hall–Kier alpha value is -1.56. The van der Waals surface area contributed by atoms with Crippen molar-refractivity contribution >= 4 is 5.69 Å². The molecule has 0 fully saturated rings. The molecule has 0 amide bonds. The van der Waals surface area contributed by atoms with Crippen LogP contribution in [0, 0.1) is 23.7 Å². The van der Waals surface area contributed by atoms with Gasteiger partial charge in [-0.05, 0) is 30.9 Å². The maximum atomic E-state index is 8.58. The average molecular weight is 217 g/mol. The van der Waals surface area contributed by atoms with Crippen molar-refractivity contribution in [2.75, 3.05) is 11.9 Å². The van der Waals surface area contributed by atoms with Crippen molar-refractivity contribution in [2.45, 2.75) is 33.6 Å². The van der Waals surface area contributed by atoms with Crippen molar-refractivity contribution in [1.82, 2.24) is 4.98 Å². The Morgan fingerprint density at radius 1 is 1.50 bits per heavy atom. The van der Waals surface area contributed by atoms with Crippen LogP contribution < -0.4 is 5.32 Å². The number of hydrogen-bond donors (Lipinski definition) is 1. The first kappa shape index (κ1) is 12.5. The Kier molecular flexibility index (Phi) is 4.30. The third kappa shape index (κ3) is 3.90. The summed E-state index contributed by atoms with van der Waals surface area (Å²) < 4.78 is 0. The molecular weight excluding hydrogens is 198 g/mol.